The van der Waals surface area contributed by atoms with Gasteiger partial charge in [0, 0.05) is 17.1 Å². The smallest absolute Gasteiger partial charge is 1.00 e. The Morgan fingerprint density at radius 1 is 0.900 bits per heavy atom. The van der Waals surface area contributed by atoms with E-state index in [0.29, 0.717) is 0 Å². The van der Waals surface area contributed by atoms with Crippen LogP contribution in [-0.2, 0) is 17.1 Å². The molecule has 10 heavy (non-hydrogen) atoms. The first-order valence-electron chi connectivity index (χ1n) is 0.816. The van der Waals surface area contributed by atoms with Crippen LogP contribution in [-0.4, -0.2) is 26.4 Å². The van der Waals surface area contributed by atoms with Gasteiger partial charge in [0.25, 0.3) is 0 Å². The molecule has 0 fully saturated rings. The minimum atomic E-state index is -5.61. The normalized spacial score (nSPS) is 6.00. The Bertz CT molecular complexity index is 40.7. The number of rotatable bonds is 0. The quantitative estimate of drug-likeness (QED) is 0.392. The summed E-state index contributed by atoms with van der Waals surface area (Å²) in [6.07, 6.45) is 0. The van der Waals surface area contributed by atoms with E-state index in [1.54, 1.807) is 0 Å². The standard InChI is InChI=1S/Al.FH.K.Li.Mn.O4Si/c;;;;;1-5(2,3)4/h;1H;;;;/q+3;;2*+1;;-4/p-1. The van der Waals surface area contributed by atoms with Gasteiger partial charge in [0.1, 0.15) is 0 Å². The molecule has 0 bridgehead atoms. The Balaban J connectivity index is -0.00000000800. The van der Waals surface area contributed by atoms with Crippen LogP contribution in [0.15, 0.2) is 0 Å². The maximum Gasteiger partial charge on any atom is 3.00 e. The van der Waals surface area contributed by atoms with Crippen molar-refractivity contribution in [3.8, 4) is 0 Å². The van der Waals surface area contributed by atoms with Crippen LogP contribution in [0.4, 0.5) is 0 Å². The van der Waals surface area contributed by atoms with Crippen molar-refractivity contribution in [1.82, 2.24) is 0 Å². The van der Waals surface area contributed by atoms with E-state index < -0.39 is 9.05 Å². The SMILES string of the molecule is [Al+3].[F-].[K+].[Li+].[Mn].[O-][Si]([O-])([O-])[O-]. The van der Waals surface area contributed by atoms with Crippen molar-refractivity contribution in [2.45, 2.75) is 0 Å². The summed E-state index contributed by atoms with van der Waals surface area (Å²) in [6, 6.07) is 0. The van der Waals surface area contributed by atoms with Crippen LogP contribution in [0.3, 0.4) is 0 Å². The first-order valence-corrected chi connectivity index (χ1v) is 2.45. The fourth-order valence-corrected chi connectivity index (χ4v) is 0. The summed E-state index contributed by atoms with van der Waals surface area (Å²) in [7, 11) is -5.61. The summed E-state index contributed by atoms with van der Waals surface area (Å²) >= 11 is 0. The average Bonchev–Trinajstić information content (AvgIpc) is 0.722. The van der Waals surface area contributed by atoms with E-state index in [9.17, 15) is 0 Å². The first kappa shape index (κ1) is 37.8. The molecular formula is AlFKLiMnO4Si. The van der Waals surface area contributed by atoms with Gasteiger partial charge in [-0.2, -0.15) is 0 Å². The van der Waals surface area contributed by atoms with Crippen LogP contribution in [0.25, 0.3) is 0 Å². The summed E-state index contributed by atoms with van der Waals surface area (Å²) in [5.74, 6) is 0. The van der Waals surface area contributed by atoms with Crippen molar-refractivity contribution in [3.63, 3.8) is 0 Å². The molecule has 0 rings (SSSR count). The number of hydrogen-bond acceptors (Lipinski definition) is 4. The van der Waals surface area contributed by atoms with Gasteiger partial charge in [-0.1, -0.05) is 0 Å². The van der Waals surface area contributed by atoms with Gasteiger partial charge in [0.2, 0.25) is 0 Å². The zero-order valence-corrected chi connectivity index (χ0v) is 11.9. The zero-order chi connectivity index (χ0) is 4.50. The van der Waals surface area contributed by atoms with Crippen molar-refractivity contribution in [3.05, 3.63) is 0 Å². The van der Waals surface area contributed by atoms with E-state index in [1.165, 1.54) is 0 Å². The van der Waals surface area contributed by atoms with Crippen molar-refractivity contribution in [2.24, 2.45) is 0 Å². The monoisotopic (exact) mass is 239 g/mol. The molecule has 0 aromatic heterocycles. The molecule has 0 atom stereocenters. The summed E-state index contributed by atoms with van der Waals surface area (Å²) in [6.45, 7) is 0. The maximum atomic E-state index is 8.58. The summed E-state index contributed by atoms with van der Waals surface area (Å²) in [5, 5.41) is 0. The molecule has 0 spiro atoms. The predicted octanol–water partition coefficient (Wildman–Crippen LogP) is -14.5. The molecule has 47 valence electrons. The molecule has 0 aliphatic rings. The second kappa shape index (κ2) is 18.1. The van der Waals surface area contributed by atoms with Crippen molar-refractivity contribution in [1.29, 1.82) is 0 Å². The Morgan fingerprint density at radius 2 is 0.900 bits per heavy atom. The summed E-state index contributed by atoms with van der Waals surface area (Å²) in [4.78, 5) is 34.3. The van der Waals surface area contributed by atoms with Gasteiger partial charge in [-0.25, -0.2) is 0 Å². The molecule has 0 aromatic rings. The summed E-state index contributed by atoms with van der Waals surface area (Å²) < 4.78 is 0. The van der Waals surface area contributed by atoms with Crippen LogP contribution in [0.2, 0.25) is 0 Å². The molecule has 0 aliphatic carbocycles. The molecule has 0 aromatic carbocycles. The van der Waals surface area contributed by atoms with Gasteiger partial charge in [0.05, 0.1) is 0 Å². The van der Waals surface area contributed by atoms with Gasteiger partial charge < -0.3 is 32.9 Å². The van der Waals surface area contributed by atoms with Crippen LogP contribution in [0, 0.1) is 0 Å². The Hall–Kier alpha value is 3.27. The van der Waals surface area contributed by atoms with E-state index in [2.05, 4.69) is 0 Å². The van der Waals surface area contributed by atoms with Crippen molar-refractivity contribution >= 4 is 26.4 Å². The minimum absolute atomic E-state index is 0. The Labute approximate surface area is 135 Å². The molecule has 0 aliphatic heterocycles. The molecule has 10 heteroatoms. The topological polar surface area (TPSA) is 92.2 Å². The second-order valence-corrected chi connectivity index (χ2v) is 1.50. The third kappa shape index (κ3) is 111. The molecule has 0 N–H and O–H groups in total. The van der Waals surface area contributed by atoms with E-state index in [1.807, 2.05) is 0 Å². The third-order valence-corrected chi connectivity index (χ3v) is 0. The van der Waals surface area contributed by atoms with Gasteiger partial charge in [-0.3, -0.25) is 0 Å². The number of hydrogen-bond donors (Lipinski definition) is 0. The Kier molecular flexibility index (Phi) is 68.6. The molecular weight excluding hydrogens is 239 g/mol. The van der Waals surface area contributed by atoms with Crippen LogP contribution in [0.5, 0.6) is 0 Å². The van der Waals surface area contributed by atoms with Gasteiger partial charge >= 0.3 is 87.6 Å². The molecule has 4 nitrogen and oxygen atoms in total. The minimum Gasteiger partial charge on any atom is -1.00 e. The molecule has 0 heterocycles. The largest absolute Gasteiger partial charge is 3.00 e. The third-order valence-electron chi connectivity index (χ3n) is 0. The molecule has 0 saturated heterocycles. The molecule has 0 saturated carbocycles. The molecule has 0 amide bonds. The zero-order valence-electron chi connectivity index (χ0n) is 5.47. The average molecular weight is 239 g/mol. The van der Waals surface area contributed by atoms with Crippen molar-refractivity contribution < 1.29 is 111 Å². The summed E-state index contributed by atoms with van der Waals surface area (Å²) in [5.41, 5.74) is 0. The van der Waals surface area contributed by atoms with Crippen LogP contribution >= 0.6 is 0 Å². The maximum absolute atomic E-state index is 8.58. The Morgan fingerprint density at radius 3 is 0.900 bits per heavy atom. The molecule has 0 unspecified atom stereocenters. The van der Waals surface area contributed by atoms with E-state index in [0.717, 1.165) is 0 Å². The molecule has 1 radical (unpaired) electrons. The van der Waals surface area contributed by atoms with E-state index >= 15 is 0 Å². The number of halogens is 1. The van der Waals surface area contributed by atoms with Crippen LogP contribution in [0.1, 0.15) is 0 Å². The van der Waals surface area contributed by atoms with Crippen LogP contribution < -0.4 is 94.1 Å². The van der Waals surface area contributed by atoms with Gasteiger partial charge in [0.15, 0.2) is 0 Å². The van der Waals surface area contributed by atoms with E-state index in [4.69, 9.17) is 19.2 Å². The second-order valence-electron chi connectivity index (χ2n) is 0.500. The van der Waals surface area contributed by atoms with Crippen molar-refractivity contribution in [2.75, 3.05) is 0 Å². The predicted molar refractivity (Wildman–Crippen MR) is 11.5 cm³/mol. The fraction of sp³-hybridized carbons (Fsp3) is 0. The fourth-order valence-electron chi connectivity index (χ4n) is 0. The van der Waals surface area contributed by atoms with E-state index in [-0.39, 0.29) is 109 Å². The van der Waals surface area contributed by atoms with Gasteiger partial charge in [-0.05, 0) is 0 Å². The van der Waals surface area contributed by atoms with Gasteiger partial charge in [-0.15, -0.1) is 0 Å². The first-order chi connectivity index (χ1) is 2.00.